The van der Waals surface area contributed by atoms with Crippen molar-refractivity contribution in [2.75, 3.05) is 0 Å². The monoisotopic (exact) mass is 650 g/mol. The minimum absolute atomic E-state index is 0.0379. The first-order chi connectivity index (χ1) is 17.8. The average Bonchev–Trinajstić information content (AvgIpc) is 2.77. The van der Waals surface area contributed by atoms with E-state index < -0.39 is 52.0 Å². The number of unbranched alkanes of at least 4 members (excludes halogenated alkanes) is 2. The Kier molecular flexibility index (Phi) is 12.4. The summed E-state index contributed by atoms with van der Waals surface area (Å²) in [6, 6.07) is 11.7. The second-order valence-corrected chi connectivity index (χ2v) is 59.6. The molecule has 11 heteroatoms. The van der Waals surface area contributed by atoms with E-state index in [2.05, 4.69) is 77.4 Å². The van der Waals surface area contributed by atoms with Crippen LogP contribution in [0.4, 0.5) is 13.2 Å². The van der Waals surface area contributed by atoms with Gasteiger partial charge in [0, 0.05) is 36.1 Å². The first-order valence-electron chi connectivity index (χ1n) is 15.2. The lowest BCUT2D eigenvalue weighted by Crippen LogP contribution is -2.79. The molecule has 0 radical (unpaired) electrons. The van der Waals surface area contributed by atoms with Crippen LogP contribution in [0.2, 0.25) is 64.0 Å². The van der Waals surface area contributed by atoms with E-state index >= 15 is 0 Å². The van der Waals surface area contributed by atoms with E-state index in [0.717, 1.165) is 6.04 Å². The zero-order chi connectivity index (χ0) is 29.9. The number of hydrogen-bond donors (Lipinski definition) is 0. The van der Waals surface area contributed by atoms with Crippen LogP contribution in [0.3, 0.4) is 0 Å². The molecule has 0 aliphatic carbocycles. The molecule has 0 aromatic heterocycles. The maximum Gasteiger partial charge on any atom is 0.269 e. The van der Waals surface area contributed by atoms with Crippen LogP contribution in [0.25, 0.3) is 0 Å². The van der Waals surface area contributed by atoms with Crippen molar-refractivity contribution in [3.8, 4) is 0 Å². The third-order valence-electron chi connectivity index (χ3n) is 9.78. The fourth-order valence-electron chi connectivity index (χ4n) is 7.21. The predicted molar refractivity (Wildman–Crippen MR) is 180 cm³/mol. The summed E-state index contributed by atoms with van der Waals surface area (Å²) in [5.74, 6) is 0. The summed E-state index contributed by atoms with van der Waals surface area (Å²) < 4.78 is 51.7. The summed E-state index contributed by atoms with van der Waals surface area (Å²) in [5, 5.41) is 0. The van der Waals surface area contributed by atoms with Crippen LogP contribution in [0.5, 0.6) is 0 Å². The fourth-order valence-corrected chi connectivity index (χ4v) is 64.0. The van der Waals surface area contributed by atoms with Crippen molar-refractivity contribution in [3.63, 3.8) is 0 Å². The third kappa shape index (κ3) is 9.11. The molecule has 0 saturated carbocycles. The summed E-state index contributed by atoms with van der Waals surface area (Å²) in [5.41, 5.74) is 2.75. The molecule has 226 valence electrons. The molecule has 2 fully saturated rings. The molecule has 2 saturated heterocycles. The van der Waals surface area contributed by atoms with Crippen LogP contribution in [0, 0.1) is 0 Å². The van der Waals surface area contributed by atoms with Gasteiger partial charge in [0.25, 0.3) is 6.43 Å². The van der Waals surface area contributed by atoms with Crippen molar-refractivity contribution < 1.29 is 22.0 Å². The molecule has 0 amide bonds. The fraction of sp³-hybridized carbons (Fsp3) is 0.786. The van der Waals surface area contributed by atoms with Crippen molar-refractivity contribution in [2.24, 2.45) is 0 Å². The Bertz CT molecular complexity index is 922. The maximum absolute atomic E-state index is 13.6. The van der Waals surface area contributed by atoms with Gasteiger partial charge in [-0.3, -0.25) is 0 Å². The van der Waals surface area contributed by atoms with Crippen LogP contribution < -0.4 is 0 Å². The SMILES string of the molecule is CC1(C)C[Si](C)(C)[Si](C)(C)[Si](C)(CC(F)C(F)F)O1.CCCCCc1cccc(C2(C)C[SiH](C)[SiH2][SiH](C)O2)c1. The van der Waals surface area contributed by atoms with Crippen molar-refractivity contribution in [1.82, 2.24) is 0 Å². The van der Waals surface area contributed by atoms with Gasteiger partial charge < -0.3 is 8.85 Å². The van der Waals surface area contributed by atoms with Crippen LogP contribution in [-0.2, 0) is 20.9 Å². The van der Waals surface area contributed by atoms with E-state index in [1.807, 2.05) is 20.4 Å². The molecule has 39 heavy (non-hydrogen) atoms. The Hall–Kier alpha value is 0.231. The molecule has 1 aromatic rings. The number of rotatable bonds is 8. The van der Waals surface area contributed by atoms with E-state index in [9.17, 15) is 13.2 Å². The van der Waals surface area contributed by atoms with Gasteiger partial charge >= 0.3 is 0 Å². The molecule has 2 heterocycles. The van der Waals surface area contributed by atoms with Gasteiger partial charge in [-0.2, -0.15) is 0 Å². The van der Waals surface area contributed by atoms with Crippen LogP contribution >= 0.6 is 0 Å². The Labute approximate surface area is 245 Å². The zero-order valence-corrected chi connectivity index (χ0v) is 33.4. The Morgan fingerprint density at radius 2 is 1.67 bits per heavy atom. The largest absolute Gasteiger partial charge is 0.416 e. The first kappa shape index (κ1) is 35.4. The number of hydrogen-bond acceptors (Lipinski definition) is 2. The van der Waals surface area contributed by atoms with Crippen LogP contribution in [0.15, 0.2) is 24.3 Å². The number of benzene rings is 1. The van der Waals surface area contributed by atoms with E-state index in [-0.39, 0.29) is 25.8 Å². The molecule has 2 nitrogen and oxygen atoms in total. The van der Waals surface area contributed by atoms with Crippen molar-refractivity contribution >= 4 is 48.0 Å². The highest BCUT2D eigenvalue weighted by atomic mass is 29.6. The van der Waals surface area contributed by atoms with Crippen molar-refractivity contribution in [2.45, 2.75) is 141 Å². The molecular weight excluding hydrogens is 594 g/mol. The summed E-state index contributed by atoms with van der Waals surface area (Å²) in [7, 11) is -6.72. The molecule has 5 atom stereocenters. The van der Waals surface area contributed by atoms with Gasteiger partial charge in [0.1, 0.15) is 0 Å². The lowest BCUT2D eigenvalue weighted by atomic mass is 9.95. The number of aryl methyl sites for hydroxylation is 1. The molecule has 2 aliphatic heterocycles. The van der Waals surface area contributed by atoms with Gasteiger partial charge in [-0.25, -0.2) is 13.2 Å². The smallest absolute Gasteiger partial charge is 0.269 e. The predicted octanol–water partition coefficient (Wildman–Crippen LogP) is 7.58. The Morgan fingerprint density at radius 3 is 2.23 bits per heavy atom. The Morgan fingerprint density at radius 1 is 1.03 bits per heavy atom. The lowest BCUT2D eigenvalue weighted by Gasteiger charge is -2.59. The summed E-state index contributed by atoms with van der Waals surface area (Å²) in [6.45, 7) is 24.9. The van der Waals surface area contributed by atoms with Crippen molar-refractivity contribution in [1.29, 1.82) is 0 Å². The normalized spacial score (nSPS) is 32.9. The summed E-state index contributed by atoms with van der Waals surface area (Å²) >= 11 is 0. The summed E-state index contributed by atoms with van der Waals surface area (Å²) in [6.07, 6.45) is 0.289. The Balaban J connectivity index is 0.000000274. The summed E-state index contributed by atoms with van der Waals surface area (Å²) in [4.78, 5) is 0. The second-order valence-electron chi connectivity index (χ2n) is 14.7. The van der Waals surface area contributed by atoms with Crippen molar-refractivity contribution in [3.05, 3.63) is 35.4 Å². The van der Waals surface area contributed by atoms with Gasteiger partial charge in [-0.05, 0) is 63.4 Å². The van der Waals surface area contributed by atoms with E-state index in [1.165, 1.54) is 42.9 Å². The average molecular weight is 651 g/mol. The standard InChI is InChI=1S/C16H30OSi3.C12H27F3OSi3/c1-5-6-7-9-14-10-8-11-15(12-14)16(2)13-19(3)18-20(4)17-16;1-12(2)9-17(3,4)18(5,6)19(7,16-12)8-10(13)11(14)15/h8,10-12,19-20H,5-7,9,13,18H2,1-4H3;10-11H,8-9H2,1-7H3. The van der Waals surface area contributed by atoms with Gasteiger partial charge in [-0.15, -0.1) is 0 Å². The highest BCUT2D eigenvalue weighted by molar-refractivity contribution is 7.67. The first-order valence-corrected chi connectivity index (χ1v) is 36.1. The third-order valence-corrected chi connectivity index (χ3v) is 73.0. The van der Waals surface area contributed by atoms with Gasteiger partial charge in [0.2, 0.25) is 0 Å². The second kappa shape index (κ2) is 13.7. The van der Waals surface area contributed by atoms with E-state index in [4.69, 9.17) is 8.85 Å². The topological polar surface area (TPSA) is 18.5 Å². The van der Waals surface area contributed by atoms with Crippen LogP contribution in [-0.4, -0.2) is 66.2 Å². The molecule has 3 rings (SSSR count). The quantitative estimate of drug-likeness (QED) is 0.213. The minimum atomic E-state index is -2.88. The number of halogens is 3. The molecular formula is C28H57F3O2Si6. The molecule has 2 aliphatic rings. The van der Waals surface area contributed by atoms with Crippen LogP contribution in [0.1, 0.15) is 58.1 Å². The highest BCUT2D eigenvalue weighted by Crippen LogP contribution is 2.46. The van der Waals surface area contributed by atoms with E-state index in [1.54, 1.807) is 0 Å². The van der Waals surface area contributed by atoms with Gasteiger partial charge in [0.05, 0.1) is 12.7 Å². The molecule has 0 N–H and O–H groups in total. The van der Waals surface area contributed by atoms with Gasteiger partial charge in [0.15, 0.2) is 22.6 Å². The zero-order valence-electron chi connectivity index (χ0n) is 26.7. The highest BCUT2D eigenvalue weighted by Gasteiger charge is 2.63. The molecule has 5 unspecified atom stereocenters. The van der Waals surface area contributed by atoms with Gasteiger partial charge in [-0.1, -0.05) is 83.3 Å². The minimum Gasteiger partial charge on any atom is -0.416 e. The molecule has 0 bridgehead atoms. The molecule has 1 aromatic carbocycles. The lowest BCUT2D eigenvalue weighted by molar-refractivity contribution is 0.0525. The maximum atomic E-state index is 13.6. The molecule has 0 spiro atoms. The van der Waals surface area contributed by atoms with E-state index in [0.29, 0.717) is 0 Å². The number of alkyl halides is 3.